The quantitative estimate of drug-likeness (QED) is 0.556. The van der Waals surface area contributed by atoms with Crippen LogP contribution in [0.2, 0.25) is 0 Å². The number of carbonyl (C=O) groups is 3. The lowest BCUT2D eigenvalue weighted by Gasteiger charge is -2.32. The summed E-state index contributed by atoms with van der Waals surface area (Å²) in [6.45, 7) is 1.49. The Hall–Kier alpha value is -4.39. The van der Waals surface area contributed by atoms with Crippen molar-refractivity contribution in [3.63, 3.8) is 0 Å². The van der Waals surface area contributed by atoms with Crippen LogP contribution in [0.4, 0.5) is 11.4 Å². The Kier molecular flexibility index (Phi) is 6.73. The van der Waals surface area contributed by atoms with E-state index in [4.69, 9.17) is 4.74 Å². The topological polar surface area (TPSA) is 87.7 Å². The lowest BCUT2D eigenvalue weighted by atomic mass is 9.93. The summed E-state index contributed by atoms with van der Waals surface area (Å²) in [6.07, 6.45) is 3.71. The highest BCUT2D eigenvalue weighted by atomic mass is 16.5. The van der Waals surface area contributed by atoms with E-state index in [0.717, 1.165) is 11.1 Å². The monoisotopic (exact) mass is 455 g/mol. The predicted octanol–water partition coefficient (Wildman–Crippen LogP) is 4.85. The van der Waals surface area contributed by atoms with Crippen molar-refractivity contribution in [2.24, 2.45) is 0 Å². The van der Waals surface area contributed by atoms with Crippen molar-refractivity contribution in [2.75, 3.05) is 17.7 Å². The summed E-state index contributed by atoms with van der Waals surface area (Å²) < 4.78 is 5.12. The SMILES string of the molecule is COc1ccc(NC(=O)c2ccc(NC(=O)CC3c4ccccc4C=CN3C(C)=O)cc2)cc1. The van der Waals surface area contributed by atoms with Gasteiger partial charge in [-0.1, -0.05) is 24.3 Å². The Morgan fingerprint density at radius 3 is 2.21 bits per heavy atom. The van der Waals surface area contributed by atoms with E-state index >= 15 is 0 Å². The average Bonchev–Trinajstić information content (AvgIpc) is 2.85. The number of rotatable bonds is 6. The first kappa shape index (κ1) is 22.8. The smallest absolute Gasteiger partial charge is 0.255 e. The summed E-state index contributed by atoms with van der Waals surface area (Å²) >= 11 is 0. The van der Waals surface area contributed by atoms with Crippen LogP contribution >= 0.6 is 0 Å². The number of benzene rings is 3. The van der Waals surface area contributed by atoms with E-state index in [1.54, 1.807) is 66.7 Å². The number of methoxy groups -OCH3 is 1. The number of ether oxygens (including phenoxy) is 1. The predicted molar refractivity (Wildman–Crippen MR) is 131 cm³/mol. The molecule has 0 saturated heterocycles. The summed E-state index contributed by atoms with van der Waals surface area (Å²) in [6, 6.07) is 21.0. The molecular weight excluding hydrogens is 430 g/mol. The van der Waals surface area contributed by atoms with Crippen LogP contribution in [0.5, 0.6) is 5.75 Å². The van der Waals surface area contributed by atoms with E-state index in [0.29, 0.717) is 22.7 Å². The zero-order chi connectivity index (χ0) is 24.1. The van der Waals surface area contributed by atoms with Gasteiger partial charge in [-0.3, -0.25) is 14.4 Å². The second-order valence-electron chi connectivity index (χ2n) is 7.90. The molecule has 1 aliphatic heterocycles. The first-order valence-electron chi connectivity index (χ1n) is 10.9. The van der Waals surface area contributed by atoms with Crippen LogP contribution in [-0.2, 0) is 9.59 Å². The molecule has 7 heteroatoms. The van der Waals surface area contributed by atoms with Crippen molar-refractivity contribution in [3.8, 4) is 5.75 Å². The first-order chi connectivity index (χ1) is 16.4. The number of anilines is 2. The van der Waals surface area contributed by atoms with Gasteiger partial charge in [0.2, 0.25) is 11.8 Å². The van der Waals surface area contributed by atoms with Crippen LogP contribution in [0.15, 0.2) is 79.0 Å². The van der Waals surface area contributed by atoms with Crippen molar-refractivity contribution >= 4 is 35.2 Å². The van der Waals surface area contributed by atoms with E-state index in [1.165, 1.54) is 6.92 Å². The number of nitrogens with one attached hydrogen (secondary N) is 2. The fourth-order valence-electron chi connectivity index (χ4n) is 3.88. The van der Waals surface area contributed by atoms with Gasteiger partial charge in [0.25, 0.3) is 5.91 Å². The van der Waals surface area contributed by atoms with Gasteiger partial charge in [-0.2, -0.15) is 0 Å². The minimum Gasteiger partial charge on any atom is -0.497 e. The van der Waals surface area contributed by atoms with Gasteiger partial charge in [-0.05, 0) is 65.7 Å². The van der Waals surface area contributed by atoms with Gasteiger partial charge in [0.05, 0.1) is 19.6 Å². The number of hydrogen-bond acceptors (Lipinski definition) is 4. The van der Waals surface area contributed by atoms with Gasteiger partial charge < -0.3 is 20.3 Å². The molecule has 0 spiro atoms. The molecule has 7 nitrogen and oxygen atoms in total. The number of fused-ring (bicyclic) bond motifs is 1. The highest BCUT2D eigenvalue weighted by molar-refractivity contribution is 6.04. The molecule has 1 unspecified atom stereocenters. The third kappa shape index (κ3) is 5.15. The molecule has 0 radical (unpaired) electrons. The normalized spacial score (nSPS) is 14.2. The molecule has 2 N–H and O–H groups in total. The maximum absolute atomic E-state index is 12.8. The highest BCUT2D eigenvalue weighted by Gasteiger charge is 2.28. The zero-order valence-electron chi connectivity index (χ0n) is 18.9. The Labute approximate surface area is 198 Å². The van der Waals surface area contributed by atoms with E-state index in [-0.39, 0.29) is 30.2 Å². The maximum Gasteiger partial charge on any atom is 0.255 e. The fourth-order valence-corrected chi connectivity index (χ4v) is 3.88. The molecule has 0 bridgehead atoms. The summed E-state index contributed by atoms with van der Waals surface area (Å²) in [4.78, 5) is 39.0. The number of hydrogen-bond donors (Lipinski definition) is 2. The molecule has 172 valence electrons. The molecule has 1 heterocycles. The summed E-state index contributed by atoms with van der Waals surface area (Å²) in [7, 11) is 1.58. The van der Waals surface area contributed by atoms with Crippen LogP contribution in [0.3, 0.4) is 0 Å². The molecule has 3 aromatic carbocycles. The molecule has 3 aromatic rings. The number of amides is 3. The molecule has 0 aromatic heterocycles. The average molecular weight is 456 g/mol. The molecule has 0 aliphatic carbocycles. The Morgan fingerprint density at radius 2 is 1.53 bits per heavy atom. The Morgan fingerprint density at radius 1 is 0.882 bits per heavy atom. The molecule has 1 aliphatic rings. The van der Waals surface area contributed by atoms with Crippen molar-refractivity contribution < 1.29 is 19.1 Å². The van der Waals surface area contributed by atoms with Crippen molar-refractivity contribution in [2.45, 2.75) is 19.4 Å². The van der Waals surface area contributed by atoms with Crippen molar-refractivity contribution in [1.82, 2.24) is 4.90 Å². The zero-order valence-corrected chi connectivity index (χ0v) is 18.9. The van der Waals surface area contributed by atoms with Crippen molar-refractivity contribution in [3.05, 3.63) is 95.7 Å². The third-order valence-electron chi connectivity index (χ3n) is 5.63. The van der Waals surface area contributed by atoms with E-state index in [9.17, 15) is 14.4 Å². The summed E-state index contributed by atoms with van der Waals surface area (Å²) in [5, 5.41) is 5.68. The summed E-state index contributed by atoms with van der Waals surface area (Å²) in [5.41, 5.74) is 3.61. The van der Waals surface area contributed by atoms with Crippen LogP contribution in [-0.4, -0.2) is 29.7 Å². The fraction of sp³-hybridized carbons (Fsp3) is 0.148. The Bertz CT molecular complexity index is 1230. The number of carbonyl (C=O) groups excluding carboxylic acids is 3. The molecule has 34 heavy (non-hydrogen) atoms. The van der Waals surface area contributed by atoms with Crippen molar-refractivity contribution in [1.29, 1.82) is 0 Å². The molecule has 0 saturated carbocycles. The third-order valence-corrected chi connectivity index (χ3v) is 5.63. The lowest BCUT2D eigenvalue weighted by Crippen LogP contribution is -2.33. The van der Waals surface area contributed by atoms with E-state index in [2.05, 4.69) is 10.6 Å². The van der Waals surface area contributed by atoms with Gasteiger partial charge in [0.15, 0.2) is 0 Å². The first-order valence-corrected chi connectivity index (χ1v) is 10.9. The Balaban J connectivity index is 1.40. The lowest BCUT2D eigenvalue weighted by molar-refractivity contribution is -0.129. The highest BCUT2D eigenvalue weighted by Crippen LogP contribution is 2.33. The molecule has 0 fully saturated rings. The van der Waals surface area contributed by atoms with E-state index < -0.39 is 0 Å². The second-order valence-corrected chi connectivity index (χ2v) is 7.90. The van der Waals surface area contributed by atoms with Gasteiger partial charge in [0.1, 0.15) is 5.75 Å². The van der Waals surface area contributed by atoms with Crippen LogP contribution in [0.1, 0.15) is 40.9 Å². The minimum absolute atomic E-state index is 0.112. The standard InChI is InChI=1S/C27H25N3O4/c1-18(31)30-16-15-19-5-3-4-6-24(19)25(30)17-26(32)28-21-9-7-20(8-10-21)27(33)29-22-11-13-23(34-2)14-12-22/h3-16,25H,17H2,1-2H3,(H,28,32)(H,29,33). The van der Waals surface area contributed by atoms with Gasteiger partial charge in [-0.25, -0.2) is 0 Å². The van der Waals surface area contributed by atoms with Crippen LogP contribution in [0, 0.1) is 0 Å². The van der Waals surface area contributed by atoms with Gasteiger partial charge >= 0.3 is 0 Å². The summed E-state index contributed by atoms with van der Waals surface area (Å²) in [5.74, 6) is 0.0931. The second kappa shape index (κ2) is 10.0. The molecular formula is C27H25N3O4. The maximum atomic E-state index is 12.8. The van der Waals surface area contributed by atoms with Crippen LogP contribution in [0.25, 0.3) is 6.08 Å². The minimum atomic E-state index is -0.381. The van der Waals surface area contributed by atoms with Gasteiger partial charge in [0, 0.05) is 30.1 Å². The van der Waals surface area contributed by atoms with E-state index in [1.807, 2.05) is 30.3 Å². The molecule has 3 amide bonds. The number of nitrogens with zero attached hydrogens (tertiary/aromatic N) is 1. The molecule has 4 rings (SSSR count). The van der Waals surface area contributed by atoms with Crippen LogP contribution < -0.4 is 15.4 Å². The molecule has 1 atom stereocenters. The van der Waals surface area contributed by atoms with Gasteiger partial charge in [-0.15, -0.1) is 0 Å². The largest absolute Gasteiger partial charge is 0.497 e.